The maximum atomic E-state index is 13.1. The van der Waals surface area contributed by atoms with Gasteiger partial charge in [-0.3, -0.25) is 0 Å². The van der Waals surface area contributed by atoms with Crippen molar-refractivity contribution in [2.24, 2.45) is 0 Å². The summed E-state index contributed by atoms with van der Waals surface area (Å²) in [7, 11) is 0. The molecule has 4 aromatic carbocycles. The van der Waals surface area contributed by atoms with Crippen LogP contribution in [0.2, 0.25) is 0 Å². The Labute approximate surface area is 242 Å². The molecule has 0 aliphatic carbocycles. The number of rotatable bonds is 9. The lowest BCUT2D eigenvalue weighted by molar-refractivity contribution is -0.276. The van der Waals surface area contributed by atoms with Crippen LogP contribution in [0.25, 0.3) is 0 Å². The number of esters is 3. The number of carbonyl (C=O) groups excluding carboxylic acids is 3. The molecule has 1 heterocycles. The molecule has 0 saturated carbocycles. The maximum Gasteiger partial charge on any atom is 0.338 e. The third-order valence-electron chi connectivity index (χ3n) is 6.51. The van der Waals surface area contributed by atoms with E-state index >= 15 is 0 Å². The highest BCUT2D eigenvalue weighted by Gasteiger charge is 2.51. The van der Waals surface area contributed by atoms with E-state index in [0.29, 0.717) is 11.3 Å². The Bertz CT molecular complexity index is 1460. The second kappa shape index (κ2) is 13.6. The first-order valence-corrected chi connectivity index (χ1v) is 13.3. The average Bonchev–Trinajstić information content (AvgIpc) is 3.04. The third kappa shape index (κ3) is 7.01. The first-order valence-electron chi connectivity index (χ1n) is 13.3. The van der Waals surface area contributed by atoms with Crippen molar-refractivity contribution in [1.29, 1.82) is 0 Å². The van der Waals surface area contributed by atoms with Crippen molar-refractivity contribution in [3.8, 4) is 5.75 Å². The lowest BCUT2D eigenvalue weighted by Gasteiger charge is -2.42. The second-order valence-electron chi connectivity index (χ2n) is 9.40. The van der Waals surface area contributed by atoms with Crippen molar-refractivity contribution >= 4 is 17.9 Å². The van der Waals surface area contributed by atoms with Crippen LogP contribution in [-0.2, 0) is 18.9 Å². The second-order valence-corrected chi connectivity index (χ2v) is 9.40. The number of hydrogen-bond donors (Lipinski definition) is 1. The quantitative estimate of drug-likeness (QED) is 0.231. The van der Waals surface area contributed by atoms with Gasteiger partial charge in [-0.2, -0.15) is 0 Å². The molecule has 214 valence electrons. The Hall–Kier alpha value is -4.99. The molecule has 0 amide bonds. The van der Waals surface area contributed by atoms with Crippen LogP contribution in [0.15, 0.2) is 121 Å². The predicted octanol–water partition coefficient (Wildman–Crippen LogP) is 4.46. The van der Waals surface area contributed by atoms with Gasteiger partial charge in [0.2, 0.25) is 12.4 Å². The average molecular weight is 569 g/mol. The van der Waals surface area contributed by atoms with Gasteiger partial charge < -0.3 is 28.8 Å². The molecule has 1 saturated heterocycles. The molecule has 9 nitrogen and oxygen atoms in total. The van der Waals surface area contributed by atoms with Gasteiger partial charge in [-0.25, -0.2) is 14.4 Å². The highest BCUT2D eigenvalue weighted by molar-refractivity contribution is 5.90. The number of aliphatic hydroxyl groups is 1. The summed E-state index contributed by atoms with van der Waals surface area (Å²) in [6, 6.07) is 33.3. The predicted molar refractivity (Wildman–Crippen MR) is 150 cm³/mol. The molecule has 0 aromatic heterocycles. The van der Waals surface area contributed by atoms with Crippen LogP contribution in [0.5, 0.6) is 5.75 Å². The molecule has 0 radical (unpaired) electrons. The van der Waals surface area contributed by atoms with Gasteiger partial charge in [0, 0.05) is 0 Å². The van der Waals surface area contributed by atoms with Gasteiger partial charge in [0.25, 0.3) is 0 Å². The smallest absolute Gasteiger partial charge is 0.338 e. The van der Waals surface area contributed by atoms with E-state index in [-0.39, 0.29) is 11.1 Å². The van der Waals surface area contributed by atoms with Crippen molar-refractivity contribution < 1.29 is 43.2 Å². The zero-order chi connectivity index (χ0) is 29.3. The molecule has 1 unspecified atom stereocenters. The summed E-state index contributed by atoms with van der Waals surface area (Å²) in [5.41, 5.74) is 0.760. The minimum Gasteiger partial charge on any atom is -0.461 e. The number of para-hydroxylation sites is 1. The summed E-state index contributed by atoms with van der Waals surface area (Å²) in [5.74, 6) is -1.77. The topological polar surface area (TPSA) is 118 Å². The van der Waals surface area contributed by atoms with Gasteiger partial charge in [0.05, 0.1) is 16.7 Å². The van der Waals surface area contributed by atoms with E-state index in [2.05, 4.69) is 0 Å². The van der Waals surface area contributed by atoms with E-state index < -0.39 is 55.2 Å². The zero-order valence-electron chi connectivity index (χ0n) is 22.4. The Balaban J connectivity index is 1.45. The largest absolute Gasteiger partial charge is 0.461 e. The SMILES string of the molecule is O=C(OC[C@H]1O[C@H](Oc2ccccc2)[C@H](OC(=O)c2ccccc2)[C@@H](OC(=O)c2ccccc2)C1O)c1ccccc1. The van der Waals surface area contributed by atoms with Crippen molar-refractivity contribution in [1.82, 2.24) is 0 Å². The van der Waals surface area contributed by atoms with Gasteiger partial charge >= 0.3 is 17.9 Å². The molecule has 0 bridgehead atoms. The highest BCUT2D eigenvalue weighted by atomic mass is 16.7. The maximum absolute atomic E-state index is 13.1. The van der Waals surface area contributed by atoms with Crippen molar-refractivity contribution in [3.63, 3.8) is 0 Å². The first-order chi connectivity index (χ1) is 20.5. The number of carbonyl (C=O) groups is 3. The van der Waals surface area contributed by atoms with E-state index in [9.17, 15) is 19.5 Å². The number of aliphatic hydroxyl groups excluding tert-OH is 1. The van der Waals surface area contributed by atoms with Gasteiger partial charge in [-0.1, -0.05) is 72.8 Å². The van der Waals surface area contributed by atoms with Crippen LogP contribution in [-0.4, -0.2) is 60.3 Å². The first kappa shape index (κ1) is 28.5. The molecule has 5 atom stereocenters. The summed E-state index contributed by atoms with van der Waals surface area (Å²) < 4.78 is 29.1. The summed E-state index contributed by atoms with van der Waals surface area (Å²) in [4.78, 5) is 38.9. The van der Waals surface area contributed by atoms with Crippen LogP contribution in [0.4, 0.5) is 0 Å². The van der Waals surface area contributed by atoms with Crippen LogP contribution < -0.4 is 4.74 Å². The molecule has 42 heavy (non-hydrogen) atoms. The fraction of sp³-hybridized carbons (Fsp3) is 0.182. The van der Waals surface area contributed by atoms with Gasteiger partial charge in [-0.05, 0) is 48.5 Å². The van der Waals surface area contributed by atoms with Crippen molar-refractivity contribution in [2.45, 2.75) is 30.7 Å². The van der Waals surface area contributed by atoms with Crippen molar-refractivity contribution in [2.75, 3.05) is 6.61 Å². The molecule has 0 spiro atoms. The molecule has 9 heteroatoms. The van der Waals surface area contributed by atoms with E-state index in [1.54, 1.807) is 121 Å². The minimum atomic E-state index is -1.56. The molecular formula is C33H28O9. The van der Waals surface area contributed by atoms with Gasteiger partial charge in [0.1, 0.15) is 24.6 Å². The van der Waals surface area contributed by atoms with E-state index in [4.69, 9.17) is 23.7 Å². The van der Waals surface area contributed by atoms with E-state index in [1.165, 1.54) is 0 Å². The van der Waals surface area contributed by atoms with Gasteiger partial charge in [0.15, 0.2) is 6.10 Å². The van der Waals surface area contributed by atoms with Crippen molar-refractivity contribution in [3.05, 3.63) is 138 Å². The molecule has 1 aliphatic rings. The van der Waals surface area contributed by atoms with E-state index in [0.717, 1.165) is 0 Å². The summed E-state index contributed by atoms with van der Waals surface area (Å²) in [5, 5.41) is 11.4. The lowest BCUT2D eigenvalue weighted by atomic mass is 9.98. The molecule has 4 aromatic rings. The molecule has 5 rings (SSSR count). The Kier molecular flexibility index (Phi) is 9.23. The normalized spacial score (nSPS) is 21.5. The fourth-order valence-corrected chi connectivity index (χ4v) is 4.36. The highest BCUT2D eigenvalue weighted by Crippen LogP contribution is 2.30. The molecule has 1 aliphatic heterocycles. The summed E-state index contributed by atoms with van der Waals surface area (Å²) in [6.07, 6.45) is -6.97. The lowest BCUT2D eigenvalue weighted by Crippen LogP contribution is -2.62. The third-order valence-corrected chi connectivity index (χ3v) is 6.51. The number of hydrogen-bond acceptors (Lipinski definition) is 9. The zero-order valence-corrected chi connectivity index (χ0v) is 22.4. The Morgan fingerprint density at radius 2 is 1.02 bits per heavy atom. The standard InChI is InChI=1S/C33H28O9/c34-27-26(21-38-30(35)22-13-5-1-6-14-22)40-33(39-25-19-11-4-12-20-25)29(42-32(37)24-17-9-3-10-18-24)28(27)41-31(36)23-15-7-2-8-16-23/h1-20,26-29,33-34H,21H2/t26-,27?,28+,29-,33+/m1/s1. The molecular weight excluding hydrogens is 540 g/mol. The summed E-state index contributed by atoms with van der Waals surface area (Å²) in [6.45, 7) is -0.401. The van der Waals surface area contributed by atoms with Crippen LogP contribution >= 0.6 is 0 Å². The molecule has 1 N–H and O–H groups in total. The van der Waals surface area contributed by atoms with Crippen LogP contribution in [0, 0.1) is 0 Å². The Morgan fingerprint density at radius 1 is 0.595 bits per heavy atom. The fourth-order valence-electron chi connectivity index (χ4n) is 4.36. The number of ether oxygens (including phenoxy) is 5. The minimum absolute atomic E-state index is 0.219. The monoisotopic (exact) mass is 568 g/mol. The van der Waals surface area contributed by atoms with Crippen LogP contribution in [0.1, 0.15) is 31.1 Å². The summed E-state index contributed by atoms with van der Waals surface area (Å²) >= 11 is 0. The molecule has 1 fully saturated rings. The van der Waals surface area contributed by atoms with Crippen LogP contribution in [0.3, 0.4) is 0 Å². The Morgan fingerprint density at radius 3 is 1.52 bits per heavy atom. The number of benzene rings is 4. The van der Waals surface area contributed by atoms with Gasteiger partial charge in [-0.15, -0.1) is 0 Å². The van der Waals surface area contributed by atoms with E-state index in [1.807, 2.05) is 0 Å².